The fourth-order valence-corrected chi connectivity index (χ4v) is 3.08. The van der Waals surface area contributed by atoms with Gasteiger partial charge in [-0.15, -0.1) is 0 Å². The van der Waals surface area contributed by atoms with Crippen molar-refractivity contribution >= 4 is 27.8 Å². The molecule has 21 heavy (non-hydrogen) atoms. The molecule has 1 aliphatic heterocycles. The number of carbonyl (C=O) groups is 2. The summed E-state index contributed by atoms with van der Waals surface area (Å²) >= 11 is 3.36. The van der Waals surface area contributed by atoms with Crippen LogP contribution in [-0.2, 0) is 16.0 Å². The molecule has 1 aromatic carbocycles. The third-order valence-corrected chi connectivity index (χ3v) is 4.68. The van der Waals surface area contributed by atoms with Gasteiger partial charge in [0.05, 0.1) is 6.04 Å². The predicted molar refractivity (Wildman–Crippen MR) is 81.2 cm³/mol. The van der Waals surface area contributed by atoms with E-state index in [1.54, 1.807) is 0 Å². The number of nitrogens with zero attached hydrogens (tertiary/aromatic N) is 1. The lowest BCUT2D eigenvalue weighted by Crippen LogP contribution is -2.49. The van der Waals surface area contributed by atoms with Gasteiger partial charge in [-0.25, -0.2) is 4.79 Å². The van der Waals surface area contributed by atoms with E-state index in [4.69, 9.17) is 5.11 Å². The van der Waals surface area contributed by atoms with E-state index in [0.29, 0.717) is 24.7 Å². The molecule has 5 nitrogen and oxygen atoms in total. The van der Waals surface area contributed by atoms with Gasteiger partial charge in [-0.2, -0.15) is 0 Å². The van der Waals surface area contributed by atoms with Crippen LogP contribution in [-0.4, -0.2) is 51.0 Å². The third-order valence-electron chi connectivity index (χ3n) is 3.76. The molecule has 0 radical (unpaired) electrons. The number of carboxylic acids is 1. The average molecular weight is 356 g/mol. The van der Waals surface area contributed by atoms with E-state index in [1.165, 1.54) is 4.90 Å². The Hall–Kier alpha value is -1.40. The maximum atomic E-state index is 12.1. The average Bonchev–Trinajstić information content (AvgIpc) is 2.86. The Morgan fingerprint density at radius 1 is 1.38 bits per heavy atom. The fourth-order valence-electron chi connectivity index (χ4n) is 2.64. The monoisotopic (exact) mass is 355 g/mol. The van der Waals surface area contributed by atoms with Crippen molar-refractivity contribution in [1.82, 2.24) is 4.90 Å². The van der Waals surface area contributed by atoms with E-state index >= 15 is 0 Å². The molecule has 0 bridgehead atoms. The first kappa shape index (κ1) is 16.0. The van der Waals surface area contributed by atoms with Gasteiger partial charge in [-0.1, -0.05) is 46.3 Å². The SMILES string of the molecule is O=C(O)[C@@H](O)[C@@H](Cc1ccccc1)N1CC(CBr)CC1=O. The number of hydrogen-bond donors (Lipinski definition) is 2. The van der Waals surface area contributed by atoms with Crippen LogP contribution in [0.4, 0.5) is 0 Å². The van der Waals surface area contributed by atoms with Crippen molar-refractivity contribution in [3.05, 3.63) is 35.9 Å². The number of hydrogen-bond acceptors (Lipinski definition) is 3. The minimum Gasteiger partial charge on any atom is -0.479 e. The highest BCUT2D eigenvalue weighted by molar-refractivity contribution is 9.09. The molecule has 0 spiro atoms. The molecule has 1 aliphatic rings. The number of likely N-dealkylation sites (tertiary alicyclic amines) is 1. The third kappa shape index (κ3) is 3.83. The molecule has 1 unspecified atom stereocenters. The maximum Gasteiger partial charge on any atom is 0.334 e. The summed E-state index contributed by atoms with van der Waals surface area (Å²) < 4.78 is 0. The first-order chi connectivity index (χ1) is 10.0. The number of rotatable bonds is 6. The second-order valence-electron chi connectivity index (χ2n) is 5.31. The quantitative estimate of drug-likeness (QED) is 0.753. The van der Waals surface area contributed by atoms with Gasteiger partial charge in [0.1, 0.15) is 0 Å². The molecule has 114 valence electrons. The summed E-state index contributed by atoms with van der Waals surface area (Å²) in [5.41, 5.74) is 0.901. The molecule has 6 heteroatoms. The maximum absolute atomic E-state index is 12.1. The Labute approximate surface area is 131 Å². The van der Waals surface area contributed by atoms with Crippen molar-refractivity contribution < 1.29 is 19.8 Å². The van der Waals surface area contributed by atoms with Crippen LogP contribution in [0.1, 0.15) is 12.0 Å². The Morgan fingerprint density at radius 2 is 2.05 bits per heavy atom. The molecule has 1 fully saturated rings. The number of halogens is 1. The Morgan fingerprint density at radius 3 is 2.57 bits per heavy atom. The largest absolute Gasteiger partial charge is 0.479 e. The highest BCUT2D eigenvalue weighted by atomic mass is 79.9. The van der Waals surface area contributed by atoms with Crippen LogP contribution in [0.3, 0.4) is 0 Å². The standard InChI is InChI=1S/C15H18BrNO4/c16-8-11-7-13(18)17(9-11)12(14(19)15(20)21)6-10-4-2-1-3-5-10/h1-5,11-12,14,19H,6-9H2,(H,20,21)/t11?,12-,14+/m1/s1. The summed E-state index contributed by atoms with van der Waals surface area (Å²) in [6.07, 6.45) is -0.860. The van der Waals surface area contributed by atoms with Gasteiger partial charge in [0.2, 0.25) is 5.91 Å². The van der Waals surface area contributed by atoms with Gasteiger partial charge in [-0.05, 0) is 17.9 Å². The number of aliphatic hydroxyl groups is 1. The Balaban J connectivity index is 2.20. The van der Waals surface area contributed by atoms with Crippen molar-refractivity contribution in [2.75, 3.05) is 11.9 Å². The van der Waals surface area contributed by atoms with E-state index < -0.39 is 18.1 Å². The van der Waals surface area contributed by atoms with Crippen molar-refractivity contribution in [2.45, 2.75) is 25.0 Å². The van der Waals surface area contributed by atoms with Gasteiger partial charge in [0.25, 0.3) is 0 Å². The number of aliphatic carboxylic acids is 1. The Kier molecular flexibility index (Phi) is 5.36. The van der Waals surface area contributed by atoms with Gasteiger partial charge < -0.3 is 15.1 Å². The second-order valence-corrected chi connectivity index (χ2v) is 5.96. The van der Waals surface area contributed by atoms with Gasteiger partial charge >= 0.3 is 5.97 Å². The molecule has 2 N–H and O–H groups in total. The lowest BCUT2D eigenvalue weighted by molar-refractivity contribution is -0.152. The molecule has 0 saturated carbocycles. The smallest absolute Gasteiger partial charge is 0.334 e. The van der Waals surface area contributed by atoms with Gasteiger partial charge in [-0.3, -0.25) is 4.79 Å². The summed E-state index contributed by atoms with van der Waals surface area (Å²) in [4.78, 5) is 24.8. The van der Waals surface area contributed by atoms with E-state index in [0.717, 1.165) is 5.56 Å². The van der Waals surface area contributed by atoms with Crippen LogP contribution in [0.5, 0.6) is 0 Å². The number of carboxylic acid groups (broad SMARTS) is 1. The first-order valence-electron chi connectivity index (χ1n) is 6.83. The molecule has 0 aromatic heterocycles. The number of carbonyl (C=O) groups excluding carboxylic acids is 1. The summed E-state index contributed by atoms with van der Waals surface area (Å²) in [5, 5.41) is 19.8. The number of amides is 1. The van der Waals surface area contributed by atoms with Crippen LogP contribution in [0.2, 0.25) is 0 Å². The van der Waals surface area contributed by atoms with E-state index in [9.17, 15) is 14.7 Å². The van der Waals surface area contributed by atoms with E-state index in [-0.39, 0.29) is 11.8 Å². The van der Waals surface area contributed by atoms with E-state index in [2.05, 4.69) is 15.9 Å². The molecule has 1 aromatic rings. The minimum atomic E-state index is -1.58. The first-order valence-corrected chi connectivity index (χ1v) is 7.95. The topological polar surface area (TPSA) is 77.8 Å². The Bertz CT molecular complexity index is 508. The van der Waals surface area contributed by atoms with Crippen molar-refractivity contribution in [3.63, 3.8) is 0 Å². The molecule has 0 aliphatic carbocycles. The molecular formula is C15H18BrNO4. The zero-order chi connectivity index (χ0) is 15.4. The summed E-state index contributed by atoms with van der Waals surface area (Å²) in [6.45, 7) is 0.478. The van der Waals surface area contributed by atoms with Crippen molar-refractivity contribution in [3.8, 4) is 0 Å². The van der Waals surface area contributed by atoms with Crippen LogP contribution in [0.15, 0.2) is 30.3 Å². The lowest BCUT2D eigenvalue weighted by Gasteiger charge is -2.30. The lowest BCUT2D eigenvalue weighted by atomic mass is 10.00. The number of alkyl halides is 1. The van der Waals surface area contributed by atoms with Crippen LogP contribution in [0.25, 0.3) is 0 Å². The van der Waals surface area contributed by atoms with Gasteiger partial charge in [0, 0.05) is 18.3 Å². The van der Waals surface area contributed by atoms with Crippen molar-refractivity contribution in [2.24, 2.45) is 5.92 Å². The molecule has 1 heterocycles. The van der Waals surface area contributed by atoms with E-state index in [1.807, 2.05) is 30.3 Å². The normalized spacial score (nSPS) is 21.3. The molecule has 1 saturated heterocycles. The summed E-state index contributed by atoms with van der Waals surface area (Å²) in [5.74, 6) is -1.23. The van der Waals surface area contributed by atoms with Gasteiger partial charge in [0.15, 0.2) is 6.10 Å². The fraction of sp³-hybridized carbons (Fsp3) is 0.467. The number of aliphatic hydroxyl groups excluding tert-OH is 1. The molecule has 3 atom stereocenters. The molecule has 2 rings (SSSR count). The zero-order valence-corrected chi connectivity index (χ0v) is 13.1. The van der Waals surface area contributed by atoms with Crippen LogP contribution in [0, 0.1) is 5.92 Å². The highest BCUT2D eigenvalue weighted by Gasteiger charge is 2.39. The highest BCUT2D eigenvalue weighted by Crippen LogP contribution is 2.25. The zero-order valence-electron chi connectivity index (χ0n) is 11.5. The number of benzene rings is 1. The van der Waals surface area contributed by atoms with Crippen LogP contribution < -0.4 is 0 Å². The molecule has 1 amide bonds. The predicted octanol–water partition coefficient (Wildman–Crippen LogP) is 1.29. The summed E-state index contributed by atoms with van der Waals surface area (Å²) in [6, 6.07) is 8.57. The molecular weight excluding hydrogens is 338 g/mol. The second kappa shape index (κ2) is 7.04. The van der Waals surface area contributed by atoms with Crippen molar-refractivity contribution in [1.29, 1.82) is 0 Å². The van der Waals surface area contributed by atoms with Crippen LogP contribution >= 0.6 is 15.9 Å². The minimum absolute atomic E-state index is 0.0966. The summed E-state index contributed by atoms with van der Waals surface area (Å²) in [7, 11) is 0.